The summed E-state index contributed by atoms with van der Waals surface area (Å²) in [6.07, 6.45) is 0.692. The van der Waals surface area contributed by atoms with Crippen LogP contribution in [-0.2, 0) is 6.42 Å². The molecule has 2 nitrogen and oxygen atoms in total. The molecular formula is C10H16ClNO. The molecule has 0 aromatic heterocycles. The summed E-state index contributed by atoms with van der Waals surface area (Å²) in [6.45, 7) is 2.14. The van der Waals surface area contributed by atoms with Crippen LogP contribution in [0.1, 0.15) is 24.1 Å². The highest BCUT2D eigenvalue weighted by molar-refractivity contribution is 5.85. The largest absolute Gasteiger partial charge is 0.396 e. The fraction of sp³-hybridized carbons (Fsp3) is 0.400. The minimum absolute atomic E-state index is 0. The Bertz CT molecular complexity index is 250. The van der Waals surface area contributed by atoms with E-state index in [1.54, 1.807) is 0 Å². The number of aliphatic hydroxyl groups is 1. The number of benzene rings is 1. The van der Waals surface area contributed by atoms with Gasteiger partial charge in [0.25, 0.3) is 0 Å². The van der Waals surface area contributed by atoms with E-state index in [-0.39, 0.29) is 25.1 Å². The van der Waals surface area contributed by atoms with Gasteiger partial charge in [-0.2, -0.15) is 0 Å². The standard InChI is InChI=1S/C10H15NO.ClH/c1-8(11)10-5-3-2-4-9(10)6-7-12;/h2-5,8,12H,6-7,11H2,1H3;1H/t8-;/m0./s1. The van der Waals surface area contributed by atoms with Gasteiger partial charge >= 0.3 is 0 Å². The van der Waals surface area contributed by atoms with Crippen LogP contribution in [-0.4, -0.2) is 11.7 Å². The quantitative estimate of drug-likeness (QED) is 0.782. The van der Waals surface area contributed by atoms with Gasteiger partial charge in [-0.25, -0.2) is 0 Å². The summed E-state index contributed by atoms with van der Waals surface area (Å²) < 4.78 is 0. The van der Waals surface area contributed by atoms with Crippen LogP contribution in [0, 0.1) is 0 Å². The Labute approximate surface area is 85.2 Å². The zero-order valence-corrected chi connectivity index (χ0v) is 8.55. The van der Waals surface area contributed by atoms with Crippen LogP contribution in [0.5, 0.6) is 0 Å². The van der Waals surface area contributed by atoms with Crippen LogP contribution in [0.3, 0.4) is 0 Å². The van der Waals surface area contributed by atoms with Crippen LogP contribution >= 0.6 is 12.4 Å². The van der Waals surface area contributed by atoms with Crippen LogP contribution in [0.25, 0.3) is 0 Å². The summed E-state index contributed by atoms with van der Waals surface area (Å²) >= 11 is 0. The molecule has 0 saturated carbocycles. The highest BCUT2D eigenvalue weighted by Gasteiger charge is 2.04. The molecule has 3 heteroatoms. The predicted molar refractivity (Wildman–Crippen MR) is 57.1 cm³/mol. The summed E-state index contributed by atoms with van der Waals surface area (Å²) in [4.78, 5) is 0. The van der Waals surface area contributed by atoms with Crippen molar-refractivity contribution in [1.82, 2.24) is 0 Å². The Balaban J connectivity index is 0.00000144. The van der Waals surface area contributed by atoms with Gasteiger partial charge < -0.3 is 10.8 Å². The molecule has 1 atom stereocenters. The molecule has 0 aliphatic carbocycles. The van der Waals surface area contributed by atoms with Gasteiger partial charge in [-0.15, -0.1) is 12.4 Å². The molecule has 0 amide bonds. The van der Waals surface area contributed by atoms with E-state index in [9.17, 15) is 0 Å². The molecule has 13 heavy (non-hydrogen) atoms. The van der Waals surface area contributed by atoms with Gasteiger partial charge in [0.15, 0.2) is 0 Å². The number of hydrogen-bond acceptors (Lipinski definition) is 2. The number of rotatable bonds is 3. The molecule has 0 saturated heterocycles. The van der Waals surface area contributed by atoms with Crippen LogP contribution in [0.15, 0.2) is 24.3 Å². The van der Waals surface area contributed by atoms with E-state index in [0.29, 0.717) is 6.42 Å². The van der Waals surface area contributed by atoms with Gasteiger partial charge in [-0.1, -0.05) is 24.3 Å². The lowest BCUT2D eigenvalue weighted by atomic mass is 10.0. The van der Waals surface area contributed by atoms with Crippen molar-refractivity contribution in [2.75, 3.05) is 6.61 Å². The van der Waals surface area contributed by atoms with E-state index in [1.165, 1.54) is 0 Å². The molecular weight excluding hydrogens is 186 g/mol. The van der Waals surface area contributed by atoms with Crippen molar-refractivity contribution in [3.63, 3.8) is 0 Å². The highest BCUT2D eigenvalue weighted by Crippen LogP contribution is 2.15. The van der Waals surface area contributed by atoms with Crippen LogP contribution < -0.4 is 5.73 Å². The second-order valence-electron chi connectivity index (χ2n) is 2.96. The van der Waals surface area contributed by atoms with Crippen LogP contribution in [0.4, 0.5) is 0 Å². The van der Waals surface area contributed by atoms with Crippen molar-refractivity contribution in [3.05, 3.63) is 35.4 Å². The Morgan fingerprint density at radius 3 is 2.54 bits per heavy atom. The maximum absolute atomic E-state index is 8.79. The number of nitrogens with two attached hydrogens (primary N) is 1. The fourth-order valence-electron chi connectivity index (χ4n) is 1.33. The van der Waals surface area contributed by atoms with Gasteiger partial charge in [0.2, 0.25) is 0 Å². The minimum atomic E-state index is 0. The first-order valence-electron chi connectivity index (χ1n) is 4.20. The Morgan fingerprint density at radius 1 is 1.38 bits per heavy atom. The monoisotopic (exact) mass is 201 g/mol. The topological polar surface area (TPSA) is 46.2 Å². The second-order valence-corrected chi connectivity index (χ2v) is 2.96. The van der Waals surface area contributed by atoms with E-state index in [1.807, 2.05) is 31.2 Å². The average Bonchev–Trinajstić information content (AvgIpc) is 2.05. The number of aliphatic hydroxyl groups excluding tert-OH is 1. The minimum Gasteiger partial charge on any atom is -0.396 e. The van der Waals surface area contributed by atoms with Gasteiger partial charge in [0.05, 0.1) is 0 Å². The Morgan fingerprint density at radius 2 is 2.00 bits per heavy atom. The van der Waals surface area contributed by atoms with Crippen molar-refractivity contribution >= 4 is 12.4 Å². The third-order valence-corrected chi connectivity index (χ3v) is 1.93. The molecule has 0 unspecified atom stereocenters. The zero-order valence-electron chi connectivity index (χ0n) is 7.73. The SMILES string of the molecule is C[C@H](N)c1ccccc1CCO.Cl. The second kappa shape index (κ2) is 5.97. The molecule has 1 aromatic rings. The summed E-state index contributed by atoms with van der Waals surface area (Å²) in [7, 11) is 0. The van der Waals surface area contributed by atoms with E-state index in [0.717, 1.165) is 11.1 Å². The molecule has 0 heterocycles. The molecule has 0 radical (unpaired) electrons. The normalized spacial score (nSPS) is 11.9. The lowest BCUT2D eigenvalue weighted by Gasteiger charge is -2.10. The predicted octanol–water partition coefficient (Wildman–Crippen LogP) is 1.66. The van der Waals surface area contributed by atoms with E-state index in [2.05, 4.69) is 0 Å². The molecule has 0 fully saturated rings. The lowest BCUT2D eigenvalue weighted by molar-refractivity contribution is 0.299. The van der Waals surface area contributed by atoms with Gasteiger partial charge in [0.1, 0.15) is 0 Å². The van der Waals surface area contributed by atoms with E-state index < -0.39 is 0 Å². The first-order chi connectivity index (χ1) is 5.75. The van der Waals surface area contributed by atoms with Gasteiger partial charge in [-0.3, -0.25) is 0 Å². The Hall–Kier alpha value is -0.570. The highest BCUT2D eigenvalue weighted by atomic mass is 35.5. The van der Waals surface area contributed by atoms with Crippen LogP contribution in [0.2, 0.25) is 0 Å². The molecule has 0 aliphatic rings. The smallest absolute Gasteiger partial charge is 0.0471 e. The van der Waals surface area contributed by atoms with Gasteiger partial charge in [0, 0.05) is 12.6 Å². The summed E-state index contributed by atoms with van der Waals surface area (Å²) in [5, 5.41) is 8.79. The van der Waals surface area contributed by atoms with E-state index >= 15 is 0 Å². The summed E-state index contributed by atoms with van der Waals surface area (Å²) in [6, 6.07) is 8.01. The van der Waals surface area contributed by atoms with Crippen molar-refractivity contribution in [1.29, 1.82) is 0 Å². The van der Waals surface area contributed by atoms with Crippen molar-refractivity contribution in [2.45, 2.75) is 19.4 Å². The Kier molecular flexibility index (Phi) is 5.71. The number of halogens is 1. The third-order valence-electron chi connectivity index (χ3n) is 1.93. The molecule has 1 aromatic carbocycles. The van der Waals surface area contributed by atoms with E-state index in [4.69, 9.17) is 10.8 Å². The summed E-state index contributed by atoms with van der Waals surface area (Å²) in [5.41, 5.74) is 8.04. The maximum atomic E-state index is 8.79. The van der Waals surface area contributed by atoms with Crippen molar-refractivity contribution in [3.8, 4) is 0 Å². The first kappa shape index (κ1) is 12.4. The average molecular weight is 202 g/mol. The first-order valence-corrected chi connectivity index (χ1v) is 4.20. The molecule has 1 rings (SSSR count). The molecule has 0 bridgehead atoms. The molecule has 0 spiro atoms. The number of hydrogen-bond donors (Lipinski definition) is 2. The molecule has 3 N–H and O–H groups in total. The molecule has 74 valence electrons. The van der Waals surface area contributed by atoms with Gasteiger partial charge in [-0.05, 0) is 24.5 Å². The lowest BCUT2D eigenvalue weighted by Crippen LogP contribution is -2.08. The third kappa shape index (κ3) is 3.35. The molecule has 0 aliphatic heterocycles. The zero-order chi connectivity index (χ0) is 8.97. The summed E-state index contributed by atoms with van der Waals surface area (Å²) in [5.74, 6) is 0. The maximum Gasteiger partial charge on any atom is 0.0471 e. The fourth-order valence-corrected chi connectivity index (χ4v) is 1.33. The van der Waals surface area contributed by atoms with Crippen molar-refractivity contribution in [2.24, 2.45) is 5.73 Å². The van der Waals surface area contributed by atoms with Crippen molar-refractivity contribution < 1.29 is 5.11 Å².